The highest BCUT2D eigenvalue weighted by Gasteiger charge is 2.42. The van der Waals surface area contributed by atoms with Gasteiger partial charge in [-0.15, -0.1) is 5.10 Å². The maximum Gasteiger partial charge on any atom is 0.416 e. The van der Waals surface area contributed by atoms with Crippen LogP contribution in [0.2, 0.25) is 0 Å². The van der Waals surface area contributed by atoms with E-state index in [4.69, 9.17) is 0 Å². The van der Waals surface area contributed by atoms with Crippen LogP contribution in [0.15, 0.2) is 29.1 Å². The average Bonchev–Trinajstić information content (AvgIpc) is 3.15. The zero-order chi connectivity index (χ0) is 20.3. The first-order valence-corrected chi connectivity index (χ1v) is 8.50. The molecule has 10 heteroatoms. The van der Waals surface area contributed by atoms with Crippen molar-refractivity contribution in [3.05, 3.63) is 63.1 Å². The molecule has 0 spiro atoms. The van der Waals surface area contributed by atoms with Crippen molar-refractivity contribution >= 4 is 0 Å². The van der Waals surface area contributed by atoms with Gasteiger partial charge in [0, 0.05) is 11.6 Å². The summed E-state index contributed by atoms with van der Waals surface area (Å²) in [4.78, 5) is 18.5. The Kier molecular flexibility index (Phi) is 3.91. The molecule has 0 fully saturated rings. The first-order chi connectivity index (χ1) is 13.1. The van der Waals surface area contributed by atoms with Gasteiger partial charge in [0.25, 0.3) is 5.56 Å². The molecule has 1 aliphatic heterocycles. The van der Waals surface area contributed by atoms with Crippen LogP contribution in [0.25, 0.3) is 11.4 Å². The van der Waals surface area contributed by atoms with E-state index < -0.39 is 23.1 Å². The summed E-state index contributed by atoms with van der Waals surface area (Å²) in [5, 5.41) is 8.19. The number of halogens is 4. The molecule has 0 bridgehead atoms. The Balaban J connectivity index is 1.80. The predicted octanol–water partition coefficient (Wildman–Crippen LogP) is 3.20. The Hall–Kier alpha value is -3.04. The van der Waals surface area contributed by atoms with Crippen molar-refractivity contribution in [2.75, 3.05) is 0 Å². The van der Waals surface area contributed by atoms with E-state index in [0.717, 1.165) is 12.1 Å². The molecule has 1 N–H and O–H groups in total. The fraction of sp³-hybridized carbons (Fsp3) is 0.333. The molecule has 0 amide bonds. The molecule has 6 nitrogen and oxygen atoms in total. The maximum atomic E-state index is 14.6. The monoisotopic (exact) mass is 393 g/mol. The van der Waals surface area contributed by atoms with Crippen molar-refractivity contribution in [3.63, 3.8) is 0 Å². The van der Waals surface area contributed by atoms with Gasteiger partial charge in [0.2, 0.25) is 0 Å². The predicted molar refractivity (Wildman–Crippen MR) is 91.1 cm³/mol. The molecular formula is C18H15F4N5O. The van der Waals surface area contributed by atoms with E-state index in [0.29, 0.717) is 41.8 Å². The second kappa shape index (κ2) is 5.98. The highest BCUT2D eigenvalue weighted by atomic mass is 19.4. The van der Waals surface area contributed by atoms with Crippen LogP contribution in [0, 0.1) is 12.7 Å². The third-order valence-electron chi connectivity index (χ3n) is 5.06. The molecule has 28 heavy (non-hydrogen) atoms. The van der Waals surface area contributed by atoms with E-state index in [-0.39, 0.29) is 11.1 Å². The lowest BCUT2D eigenvalue weighted by molar-refractivity contribution is -0.137. The standard InChI is InChI=1S/C18H15F4N5O/c1-9-23-13(8-15(28)24-9)16-14-5-6-17(2,27(14)26-25-16)11-4-3-10(7-12(11)19)18(20,21)22/h3-4,7-8H,5-6H2,1-2H3,(H,23,24,28)/t17-/m0/s1. The van der Waals surface area contributed by atoms with E-state index >= 15 is 0 Å². The SMILES string of the molecule is Cc1nc(-c2nnn3c2CC[C@@]3(C)c2ccc(C(F)(F)F)cc2F)cc(=O)[nH]1. The number of nitrogens with zero attached hydrogens (tertiary/aromatic N) is 4. The Morgan fingerprint density at radius 1 is 1.25 bits per heavy atom. The number of aromatic nitrogens is 5. The molecule has 0 radical (unpaired) electrons. The molecule has 0 saturated heterocycles. The molecule has 0 unspecified atom stereocenters. The van der Waals surface area contributed by atoms with Gasteiger partial charge in [-0.3, -0.25) is 4.79 Å². The van der Waals surface area contributed by atoms with Gasteiger partial charge in [-0.05, 0) is 38.8 Å². The number of hydrogen-bond donors (Lipinski definition) is 1. The van der Waals surface area contributed by atoms with Crippen LogP contribution in [0.3, 0.4) is 0 Å². The summed E-state index contributed by atoms with van der Waals surface area (Å²) in [5.74, 6) is -0.536. The number of fused-ring (bicyclic) bond motifs is 1. The summed E-state index contributed by atoms with van der Waals surface area (Å²) in [5.41, 5.74) is -0.864. The zero-order valence-corrected chi connectivity index (χ0v) is 14.9. The average molecular weight is 393 g/mol. The van der Waals surface area contributed by atoms with Crippen molar-refractivity contribution < 1.29 is 17.6 Å². The largest absolute Gasteiger partial charge is 0.416 e. The minimum absolute atomic E-state index is 0.103. The molecule has 3 heterocycles. The number of benzene rings is 1. The molecule has 0 aliphatic carbocycles. The normalized spacial score (nSPS) is 19.1. The number of aryl methyl sites for hydroxylation is 1. The van der Waals surface area contributed by atoms with Crippen molar-refractivity contribution in [2.45, 2.75) is 38.4 Å². The lowest BCUT2D eigenvalue weighted by Gasteiger charge is -2.26. The molecule has 1 atom stereocenters. The molecule has 146 valence electrons. The third kappa shape index (κ3) is 2.79. The van der Waals surface area contributed by atoms with Crippen LogP contribution >= 0.6 is 0 Å². The van der Waals surface area contributed by atoms with Crippen molar-refractivity contribution in [1.82, 2.24) is 25.0 Å². The Bertz CT molecular complexity index is 1130. The summed E-state index contributed by atoms with van der Waals surface area (Å²) in [6.07, 6.45) is -3.73. The highest BCUT2D eigenvalue weighted by Crippen LogP contribution is 2.42. The van der Waals surface area contributed by atoms with Crippen LogP contribution in [-0.2, 0) is 18.1 Å². The number of nitrogens with one attached hydrogen (secondary N) is 1. The van der Waals surface area contributed by atoms with E-state index in [1.165, 1.54) is 10.7 Å². The van der Waals surface area contributed by atoms with Crippen molar-refractivity contribution in [3.8, 4) is 11.4 Å². The molecule has 3 aromatic rings. The number of aromatic amines is 1. The van der Waals surface area contributed by atoms with Gasteiger partial charge in [0.1, 0.15) is 23.0 Å². The number of H-pyrrole nitrogens is 1. The third-order valence-corrected chi connectivity index (χ3v) is 5.06. The summed E-state index contributed by atoms with van der Waals surface area (Å²) in [6.45, 7) is 3.33. The number of rotatable bonds is 2. The van der Waals surface area contributed by atoms with Crippen LogP contribution in [0.1, 0.15) is 36.0 Å². The highest BCUT2D eigenvalue weighted by molar-refractivity contribution is 5.57. The fourth-order valence-electron chi connectivity index (χ4n) is 3.67. The first-order valence-electron chi connectivity index (χ1n) is 8.50. The van der Waals surface area contributed by atoms with Gasteiger partial charge in [-0.25, -0.2) is 14.1 Å². The van der Waals surface area contributed by atoms with Gasteiger partial charge in [0.15, 0.2) is 0 Å². The van der Waals surface area contributed by atoms with Crippen LogP contribution < -0.4 is 5.56 Å². The Morgan fingerprint density at radius 3 is 2.64 bits per heavy atom. The summed E-state index contributed by atoms with van der Waals surface area (Å²) >= 11 is 0. The molecule has 0 saturated carbocycles. The van der Waals surface area contributed by atoms with Crippen molar-refractivity contribution in [1.29, 1.82) is 0 Å². The van der Waals surface area contributed by atoms with Gasteiger partial charge < -0.3 is 4.98 Å². The van der Waals surface area contributed by atoms with E-state index in [1.807, 2.05) is 0 Å². The van der Waals surface area contributed by atoms with Gasteiger partial charge in [-0.1, -0.05) is 11.3 Å². The minimum Gasteiger partial charge on any atom is -0.311 e. The summed E-state index contributed by atoms with van der Waals surface area (Å²) in [7, 11) is 0. The fourth-order valence-corrected chi connectivity index (χ4v) is 3.67. The van der Waals surface area contributed by atoms with Crippen LogP contribution in [-0.4, -0.2) is 25.0 Å². The second-order valence-electron chi connectivity index (χ2n) is 6.98. The molecule has 2 aromatic heterocycles. The molecule has 1 aromatic carbocycles. The first kappa shape index (κ1) is 18.3. The molecule has 1 aliphatic rings. The van der Waals surface area contributed by atoms with Gasteiger partial charge in [0.05, 0.1) is 16.8 Å². The Labute approximate surface area is 156 Å². The van der Waals surface area contributed by atoms with Crippen LogP contribution in [0.4, 0.5) is 17.6 Å². The lowest BCUT2D eigenvalue weighted by atomic mass is 9.89. The van der Waals surface area contributed by atoms with Crippen molar-refractivity contribution in [2.24, 2.45) is 0 Å². The smallest absolute Gasteiger partial charge is 0.311 e. The summed E-state index contributed by atoms with van der Waals surface area (Å²) in [6, 6.07) is 3.80. The molecule has 4 rings (SSSR count). The lowest BCUT2D eigenvalue weighted by Crippen LogP contribution is -2.30. The van der Waals surface area contributed by atoms with E-state index in [9.17, 15) is 22.4 Å². The second-order valence-corrected chi connectivity index (χ2v) is 6.98. The minimum atomic E-state index is -4.62. The van der Waals surface area contributed by atoms with Crippen LogP contribution in [0.5, 0.6) is 0 Å². The Morgan fingerprint density at radius 2 is 2.00 bits per heavy atom. The topological polar surface area (TPSA) is 76.5 Å². The zero-order valence-electron chi connectivity index (χ0n) is 14.9. The maximum absolute atomic E-state index is 14.6. The molecular weight excluding hydrogens is 378 g/mol. The quantitative estimate of drug-likeness (QED) is 0.679. The van der Waals surface area contributed by atoms with Gasteiger partial charge in [-0.2, -0.15) is 13.2 Å². The number of hydrogen-bond acceptors (Lipinski definition) is 4. The van der Waals surface area contributed by atoms with E-state index in [1.54, 1.807) is 13.8 Å². The van der Waals surface area contributed by atoms with Gasteiger partial charge >= 0.3 is 6.18 Å². The summed E-state index contributed by atoms with van der Waals surface area (Å²) < 4.78 is 54.6. The number of alkyl halides is 3. The van der Waals surface area contributed by atoms with E-state index in [2.05, 4.69) is 20.3 Å².